The van der Waals surface area contributed by atoms with Gasteiger partial charge in [0.15, 0.2) is 0 Å². The van der Waals surface area contributed by atoms with Crippen LogP contribution in [0.1, 0.15) is 41.0 Å². The summed E-state index contributed by atoms with van der Waals surface area (Å²) >= 11 is 0. The minimum absolute atomic E-state index is 0.314. The van der Waals surface area contributed by atoms with Crippen molar-refractivity contribution >= 4 is 23.0 Å². The maximum absolute atomic E-state index is 12.8. The molecule has 0 atom stereocenters. The number of hydrogen-bond donors (Lipinski definition) is 3. The molecule has 2 aromatic heterocycles. The SMILES string of the molecule is Cc1ncc(NC(=O)c2cccc(C(C)(C)C#N)c2)cc1N(N)/C=C(\N)c1cccnc1. The zero-order valence-electron chi connectivity index (χ0n) is 18.2. The van der Waals surface area contributed by atoms with Crippen LogP contribution in [0.5, 0.6) is 0 Å². The third-order valence-electron chi connectivity index (χ3n) is 5.00. The molecule has 0 aliphatic heterocycles. The van der Waals surface area contributed by atoms with Crippen molar-refractivity contribution in [2.75, 3.05) is 10.3 Å². The molecule has 0 bridgehead atoms. The standard InChI is InChI=1S/C24H25N7O/c1-16-22(31(27)14-21(26)18-7-5-9-28-12-18)11-20(13-29-16)30-23(32)17-6-4-8-19(10-17)24(2,3)15-25/h4-14H,26-27H2,1-3H3,(H,30,32)/b21-14-. The summed E-state index contributed by atoms with van der Waals surface area (Å²) in [5, 5.41) is 13.6. The third kappa shape index (κ3) is 5.09. The van der Waals surface area contributed by atoms with Gasteiger partial charge in [-0.25, -0.2) is 5.84 Å². The Balaban J connectivity index is 1.83. The highest BCUT2D eigenvalue weighted by molar-refractivity contribution is 6.04. The highest BCUT2D eigenvalue weighted by Crippen LogP contribution is 2.25. The van der Waals surface area contributed by atoms with Crippen molar-refractivity contribution in [1.82, 2.24) is 9.97 Å². The topological polar surface area (TPSA) is 134 Å². The van der Waals surface area contributed by atoms with Crippen molar-refractivity contribution in [2.24, 2.45) is 11.6 Å². The predicted molar refractivity (Wildman–Crippen MR) is 125 cm³/mol. The highest BCUT2D eigenvalue weighted by atomic mass is 16.1. The van der Waals surface area contributed by atoms with Crippen molar-refractivity contribution in [3.63, 3.8) is 0 Å². The molecule has 0 radical (unpaired) electrons. The summed E-state index contributed by atoms with van der Waals surface area (Å²) in [7, 11) is 0. The molecule has 5 N–H and O–H groups in total. The molecule has 0 unspecified atom stereocenters. The number of hydrogen-bond acceptors (Lipinski definition) is 7. The molecule has 0 spiro atoms. The van der Waals surface area contributed by atoms with Crippen LogP contribution in [0.15, 0.2) is 67.3 Å². The molecule has 3 rings (SSSR count). The van der Waals surface area contributed by atoms with Crippen LogP contribution in [-0.2, 0) is 5.41 Å². The van der Waals surface area contributed by atoms with Crippen molar-refractivity contribution < 1.29 is 4.79 Å². The van der Waals surface area contributed by atoms with E-state index in [0.717, 1.165) is 11.1 Å². The van der Waals surface area contributed by atoms with E-state index < -0.39 is 5.41 Å². The lowest BCUT2D eigenvalue weighted by molar-refractivity contribution is 0.102. The normalized spacial score (nSPS) is 11.5. The van der Waals surface area contributed by atoms with Crippen molar-refractivity contribution in [3.8, 4) is 6.07 Å². The second-order valence-electron chi connectivity index (χ2n) is 7.83. The van der Waals surface area contributed by atoms with E-state index in [4.69, 9.17) is 11.6 Å². The van der Waals surface area contributed by atoms with Gasteiger partial charge in [-0.1, -0.05) is 12.1 Å². The summed E-state index contributed by atoms with van der Waals surface area (Å²) in [4.78, 5) is 21.2. The Hall–Kier alpha value is -4.22. The summed E-state index contributed by atoms with van der Waals surface area (Å²) in [6, 6.07) is 14.6. The fourth-order valence-electron chi connectivity index (χ4n) is 3.00. The third-order valence-corrected chi connectivity index (χ3v) is 5.00. The molecular formula is C24H25N7O. The first-order valence-corrected chi connectivity index (χ1v) is 9.92. The van der Waals surface area contributed by atoms with Crippen LogP contribution < -0.4 is 21.9 Å². The number of nitrogens with two attached hydrogens (primary N) is 2. The van der Waals surface area contributed by atoms with Gasteiger partial charge in [-0.05, 0) is 56.7 Å². The second kappa shape index (κ2) is 9.29. The number of amides is 1. The van der Waals surface area contributed by atoms with Gasteiger partial charge in [0.25, 0.3) is 5.91 Å². The van der Waals surface area contributed by atoms with Gasteiger partial charge in [-0.15, -0.1) is 0 Å². The molecule has 0 saturated heterocycles. The zero-order valence-corrected chi connectivity index (χ0v) is 18.2. The van der Waals surface area contributed by atoms with Gasteiger partial charge in [0, 0.05) is 29.7 Å². The summed E-state index contributed by atoms with van der Waals surface area (Å²) in [6.07, 6.45) is 6.43. The summed E-state index contributed by atoms with van der Waals surface area (Å²) in [5.41, 5.74) is 9.52. The maximum Gasteiger partial charge on any atom is 0.255 e. The fraction of sp³-hybridized carbons (Fsp3) is 0.167. The van der Waals surface area contributed by atoms with Crippen LogP contribution in [0.4, 0.5) is 11.4 Å². The van der Waals surface area contributed by atoms with Gasteiger partial charge >= 0.3 is 0 Å². The Bertz CT molecular complexity index is 1200. The number of anilines is 2. The average molecular weight is 428 g/mol. The number of aryl methyl sites for hydroxylation is 1. The molecule has 3 aromatic rings. The van der Waals surface area contributed by atoms with E-state index in [1.807, 2.05) is 19.1 Å². The van der Waals surface area contributed by atoms with Gasteiger partial charge < -0.3 is 11.1 Å². The highest BCUT2D eigenvalue weighted by Gasteiger charge is 2.21. The molecule has 2 heterocycles. The number of carbonyl (C=O) groups excluding carboxylic acids is 1. The first-order chi connectivity index (χ1) is 15.2. The quantitative estimate of drug-likeness (QED) is 0.405. The van der Waals surface area contributed by atoms with Crippen molar-refractivity contribution in [3.05, 3.63) is 89.6 Å². The summed E-state index contributed by atoms with van der Waals surface area (Å²) in [6.45, 7) is 5.42. The number of nitrogens with one attached hydrogen (secondary N) is 1. The molecule has 0 saturated carbocycles. The minimum Gasteiger partial charge on any atom is -0.397 e. The van der Waals surface area contributed by atoms with Crippen LogP contribution >= 0.6 is 0 Å². The van der Waals surface area contributed by atoms with Crippen LogP contribution in [-0.4, -0.2) is 15.9 Å². The number of carbonyl (C=O) groups is 1. The van der Waals surface area contributed by atoms with E-state index in [1.165, 1.54) is 5.01 Å². The number of nitriles is 1. The zero-order chi connectivity index (χ0) is 23.3. The number of benzene rings is 1. The first-order valence-electron chi connectivity index (χ1n) is 9.92. The lowest BCUT2D eigenvalue weighted by Crippen LogP contribution is -2.27. The van der Waals surface area contributed by atoms with Gasteiger partial charge in [0.2, 0.25) is 0 Å². The smallest absolute Gasteiger partial charge is 0.255 e. The molecule has 1 amide bonds. The Morgan fingerprint density at radius 3 is 2.62 bits per heavy atom. The van der Waals surface area contributed by atoms with E-state index >= 15 is 0 Å². The Morgan fingerprint density at radius 2 is 1.94 bits per heavy atom. The molecule has 1 aromatic carbocycles. The Morgan fingerprint density at radius 1 is 1.19 bits per heavy atom. The molecule has 32 heavy (non-hydrogen) atoms. The lowest BCUT2D eigenvalue weighted by atomic mass is 9.85. The largest absolute Gasteiger partial charge is 0.397 e. The summed E-state index contributed by atoms with van der Waals surface area (Å²) < 4.78 is 0. The van der Waals surface area contributed by atoms with Gasteiger partial charge in [0.1, 0.15) is 0 Å². The number of pyridine rings is 2. The molecule has 162 valence electrons. The van der Waals surface area contributed by atoms with E-state index in [2.05, 4.69) is 21.4 Å². The van der Waals surface area contributed by atoms with Gasteiger partial charge in [0.05, 0.1) is 40.4 Å². The van der Waals surface area contributed by atoms with E-state index in [1.54, 1.807) is 69.0 Å². The molecule has 0 aliphatic carbocycles. The van der Waals surface area contributed by atoms with Crippen LogP contribution in [0.3, 0.4) is 0 Å². The first kappa shape index (κ1) is 22.5. The van der Waals surface area contributed by atoms with Crippen LogP contribution in [0, 0.1) is 18.3 Å². The molecular weight excluding hydrogens is 402 g/mol. The van der Waals surface area contributed by atoms with E-state index in [0.29, 0.717) is 28.3 Å². The fourth-order valence-corrected chi connectivity index (χ4v) is 3.00. The van der Waals surface area contributed by atoms with Crippen LogP contribution in [0.25, 0.3) is 5.70 Å². The molecule has 8 nitrogen and oxygen atoms in total. The predicted octanol–water partition coefficient (Wildman–Crippen LogP) is 3.48. The molecule has 8 heteroatoms. The monoisotopic (exact) mass is 427 g/mol. The van der Waals surface area contributed by atoms with Gasteiger partial charge in [-0.2, -0.15) is 5.26 Å². The van der Waals surface area contributed by atoms with E-state index in [-0.39, 0.29) is 5.91 Å². The van der Waals surface area contributed by atoms with Gasteiger partial charge in [-0.3, -0.25) is 19.8 Å². The Labute approximate surface area is 187 Å². The minimum atomic E-state index is -0.699. The van der Waals surface area contributed by atoms with E-state index in [9.17, 15) is 10.1 Å². The van der Waals surface area contributed by atoms with Crippen molar-refractivity contribution in [1.29, 1.82) is 5.26 Å². The lowest BCUT2D eigenvalue weighted by Gasteiger charge is -2.19. The van der Waals surface area contributed by atoms with Crippen LogP contribution in [0.2, 0.25) is 0 Å². The second-order valence-corrected chi connectivity index (χ2v) is 7.83. The number of aromatic nitrogens is 2. The summed E-state index contributed by atoms with van der Waals surface area (Å²) in [5.74, 6) is 5.89. The number of rotatable bonds is 6. The number of nitrogens with zero attached hydrogens (tertiary/aromatic N) is 4. The number of hydrazine groups is 1. The molecule has 0 aliphatic rings. The molecule has 0 fully saturated rings. The Kier molecular flexibility index (Phi) is 6.52. The average Bonchev–Trinajstić information content (AvgIpc) is 2.80. The van der Waals surface area contributed by atoms with Crippen molar-refractivity contribution in [2.45, 2.75) is 26.2 Å². The maximum atomic E-state index is 12.8.